The molecule has 0 radical (unpaired) electrons. The van der Waals surface area contributed by atoms with E-state index in [0.29, 0.717) is 6.54 Å². The van der Waals surface area contributed by atoms with Gasteiger partial charge in [-0.2, -0.15) is 0 Å². The number of hydrogen-bond donors (Lipinski definition) is 1. The highest BCUT2D eigenvalue weighted by atomic mass is 79.9. The van der Waals surface area contributed by atoms with Crippen molar-refractivity contribution in [2.24, 2.45) is 0 Å². The molecule has 0 saturated heterocycles. The molecule has 100 valence electrons. The van der Waals surface area contributed by atoms with Crippen LogP contribution in [0, 0.1) is 0 Å². The van der Waals surface area contributed by atoms with Crippen molar-refractivity contribution in [3.05, 3.63) is 49.0 Å². The van der Waals surface area contributed by atoms with Crippen LogP contribution >= 0.6 is 27.3 Å². The van der Waals surface area contributed by atoms with Gasteiger partial charge in [0.25, 0.3) is 0 Å². The lowest BCUT2D eigenvalue weighted by molar-refractivity contribution is 0.0684. The zero-order valence-corrected chi connectivity index (χ0v) is 12.3. The number of ether oxygens (including phenoxy) is 1. The number of methoxy groups -OCH3 is 1. The van der Waals surface area contributed by atoms with Gasteiger partial charge >= 0.3 is 5.97 Å². The Labute approximate surface area is 121 Å². The first-order chi connectivity index (χ1) is 9.02. The van der Waals surface area contributed by atoms with Crippen molar-refractivity contribution < 1.29 is 14.6 Å². The lowest BCUT2D eigenvalue weighted by Crippen LogP contribution is -2.18. The fourth-order valence-electron chi connectivity index (χ4n) is 1.61. The van der Waals surface area contributed by atoms with E-state index in [1.165, 1.54) is 29.2 Å². The Kier molecular flexibility index (Phi) is 4.06. The summed E-state index contributed by atoms with van der Waals surface area (Å²) in [7, 11) is 1.38. The maximum atomic E-state index is 11.6. The molecule has 0 aliphatic rings. The van der Waals surface area contributed by atoms with Crippen LogP contribution in [0.5, 0.6) is 5.75 Å². The van der Waals surface area contributed by atoms with Crippen LogP contribution in [0.25, 0.3) is 0 Å². The minimum Gasteiger partial charge on any atom is -0.491 e. The normalized spacial score (nSPS) is 10.4. The second kappa shape index (κ2) is 5.58. The Morgan fingerprint density at radius 1 is 1.58 bits per heavy atom. The van der Waals surface area contributed by atoms with Crippen LogP contribution in [0.4, 0.5) is 0 Å². The van der Waals surface area contributed by atoms with E-state index in [0.717, 1.165) is 15.4 Å². The molecular weight excluding hydrogens is 334 g/mol. The van der Waals surface area contributed by atoms with E-state index in [9.17, 15) is 9.59 Å². The van der Waals surface area contributed by atoms with Crippen molar-refractivity contribution in [1.82, 2.24) is 4.57 Å². The van der Waals surface area contributed by atoms with Crippen molar-refractivity contribution >= 4 is 33.2 Å². The molecule has 19 heavy (non-hydrogen) atoms. The van der Waals surface area contributed by atoms with Gasteiger partial charge < -0.3 is 14.4 Å². The van der Waals surface area contributed by atoms with Crippen LogP contribution in [-0.4, -0.2) is 22.8 Å². The first-order valence-electron chi connectivity index (χ1n) is 5.26. The van der Waals surface area contributed by atoms with Crippen LogP contribution in [0.1, 0.15) is 15.4 Å². The van der Waals surface area contributed by atoms with Crippen molar-refractivity contribution in [2.45, 2.75) is 6.54 Å². The summed E-state index contributed by atoms with van der Waals surface area (Å²) in [4.78, 5) is 23.7. The summed E-state index contributed by atoms with van der Waals surface area (Å²) in [5.41, 5.74) is -0.507. The molecule has 0 atom stereocenters. The molecule has 1 N–H and O–H groups in total. The van der Waals surface area contributed by atoms with Crippen LogP contribution in [0.2, 0.25) is 0 Å². The highest BCUT2D eigenvalue weighted by molar-refractivity contribution is 9.10. The highest BCUT2D eigenvalue weighted by Crippen LogP contribution is 2.24. The number of hydrogen-bond acceptors (Lipinski definition) is 4. The van der Waals surface area contributed by atoms with Gasteiger partial charge in [-0.3, -0.25) is 4.79 Å². The molecule has 0 unspecified atom stereocenters. The molecule has 0 aliphatic carbocycles. The lowest BCUT2D eigenvalue weighted by Gasteiger charge is -2.11. The first kappa shape index (κ1) is 13.8. The molecule has 0 spiro atoms. The van der Waals surface area contributed by atoms with Gasteiger partial charge in [0.1, 0.15) is 5.69 Å². The molecule has 0 aromatic carbocycles. The number of carboxylic acids is 1. The molecule has 5 nitrogen and oxygen atoms in total. The van der Waals surface area contributed by atoms with E-state index < -0.39 is 11.4 Å². The number of halogens is 1. The monoisotopic (exact) mass is 343 g/mol. The van der Waals surface area contributed by atoms with E-state index in [1.54, 1.807) is 0 Å². The topological polar surface area (TPSA) is 68.5 Å². The highest BCUT2D eigenvalue weighted by Gasteiger charge is 2.14. The van der Waals surface area contributed by atoms with Gasteiger partial charge in [0, 0.05) is 15.4 Å². The predicted molar refractivity (Wildman–Crippen MR) is 75.3 cm³/mol. The fraction of sp³-hybridized carbons (Fsp3) is 0.167. The van der Waals surface area contributed by atoms with Gasteiger partial charge in [-0.15, -0.1) is 11.3 Å². The Morgan fingerprint density at radius 2 is 2.32 bits per heavy atom. The van der Waals surface area contributed by atoms with Gasteiger partial charge in [0.05, 0.1) is 19.9 Å². The smallest absolute Gasteiger partial charge is 0.352 e. The summed E-state index contributed by atoms with van der Waals surface area (Å²) in [5, 5.41) is 11.0. The van der Waals surface area contributed by atoms with Gasteiger partial charge in [0.15, 0.2) is 5.75 Å². The fourth-order valence-corrected chi connectivity index (χ4v) is 3.09. The largest absolute Gasteiger partial charge is 0.491 e. The molecule has 7 heteroatoms. The Balaban J connectivity index is 2.51. The van der Waals surface area contributed by atoms with E-state index in [2.05, 4.69) is 15.9 Å². The maximum Gasteiger partial charge on any atom is 0.352 e. The molecular formula is C12H10BrNO4S. The van der Waals surface area contributed by atoms with E-state index >= 15 is 0 Å². The van der Waals surface area contributed by atoms with E-state index in [-0.39, 0.29) is 11.4 Å². The molecule has 2 aromatic rings. The van der Waals surface area contributed by atoms with Gasteiger partial charge in [-0.1, -0.05) is 0 Å². The number of carboxylic acid groups (broad SMARTS) is 1. The molecule has 0 fully saturated rings. The number of rotatable bonds is 4. The third-order valence-electron chi connectivity index (χ3n) is 2.54. The number of thiophene rings is 1. The molecule has 2 rings (SSSR count). The van der Waals surface area contributed by atoms with Crippen LogP contribution in [-0.2, 0) is 6.54 Å². The van der Waals surface area contributed by atoms with Crippen LogP contribution in [0.15, 0.2) is 33.0 Å². The number of nitrogens with zero attached hydrogens (tertiary/aromatic N) is 1. The quantitative estimate of drug-likeness (QED) is 0.925. The number of pyridine rings is 1. The number of aromatic carboxylic acids is 1. The van der Waals surface area contributed by atoms with E-state index in [4.69, 9.17) is 9.84 Å². The summed E-state index contributed by atoms with van der Waals surface area (Å²) in [6.45, 7) is 0.358. The Hall–Kier alpha value is -1.60. The average Bonchev–Trinajstić information content (AvgIpc) is 2.76. The molecule has 0 amide bonds. The zero-order valence-electron chi connectivity index (χ0n) is 9.92. The maximum absolute atomic E-state index is 11.6. The molecule has 0 bridgehead atoms. The van der Waals surface area contributed by atoms with Crippen molar-refractivity contribution in [1.29, 1.82) is 0 Å². The third-order valence-corrected chi connectivity index (χ3v) is 4.45. The SMILES string of the molecule is COc1cn(Cc2sccc2Br)c(C(=O)O)cc1=O. The standard InChI is InChI=1S/C12H10BrNO4S/c1-18-10-5-14(6-11-7(13)2-3-19-11)8(12(16)17)4-9(10)15/h2-5H,6H2,1H3,(H,16,17). The zero-order chi connectivity index (χ0) is 14.0. The summed E-state index contributed by atoms with van der Waals surface area (Å²) in [6, 6.07) is 2.96. The Morgan fingerprint density at radius 3 is 2.84 bits per heavy atom. The second-order valence-electron chi connectivity index (χ2n) is 3.72. The average molecular weight is 344 g/mol. The summed E-state index contributed by atoms with van der Waals surface area (Å²) in [6.07, 6.45) is 1.41. The first-order valence-corrected chi connectivity index (χ1v) is 6.94. The number of aromatic nitrogens is 1. The predicted octanol–water partition coefficient (Wildman–Crippen LogP) is 2.43. The van der Waals surface area contributed by atoms with Gasteiger partial charge in [-0.25, -0.2) is 4.79 Å². The summed E-state index contributed by atoms with van der Waals surface area (Å²) >= 11 is 4.89. The molecule has 0 saturated carbocycles. The summed E-state index contributed by atoms with van der Waals surface area (Å²) in [5.74, 6) is -1.02. The van der Waals surface area contributed by atoms with Gasteiger partial charge in [-0.05, 0) is 27.4 Å². The van der Waals surface area contributed by atoms with Crippen molar-refractivity contribution in [2.75, 3.05) is 7.11 Å². The van der Waals surface area contributed by atoms with Crippen molar-refractivity contribution in [3.63, 3.8) is 0 Å². The molecule has 2 aromatic heterocycles. The Bertz CT molecular complexity index is 677. The molecule has 2 heterocycles. The minimum absolute atomic E-state index is 0.0638. The molecule has 0 aliphatic heterocycles. The summed E-state index contributed by atoms with van der Waals surface area (Å²) < 4.78 is 7.33. The van der Waals surface area contributed by atoms with Crippen LogP contribution in [0.3, 0.4) is 0 Å². The van der Waals surface area contributed by atoms with E-state index in [1.807, 2.05) is 11.4 Å². The van der Waals surface area contributed by atoms with Crippen molar-refractivity contribution in [3.8, 4) is 5.75 Å². The lowest BCUT2D eigenvalue weighted by atomic mass is 10.3. The van der Waals surface area contributed by atoms with Gasteiger partial charge in [0.2, 0.25) is 5.43 Å². The third kappa shape index (κ3) is 2.87. The second-order valence-corrected chi connectivity index (χ2v) is 5.57. The van der Waals surface area contributed by atoms with Crippen LogP contribution < -0.4 is 10.2 Å². The minimum atomic E-state index is -1.15. The number of carbonyl (C=O) groups is 1.